The smallest absolute Gasteiger partial charge is 0.357 e. The molecule has 0 bridgehead atoms. The fourth-order valence-electron chi connectivity index (χ4n) is 3.31. The molecule has 1 saturated heterocycles. The second-order valence-corrected chi connectivity index (χ2v) is 12.1. The number of rotatable bonds is 9. The minimum absolute atomic E-state index is 0.0511. The standard InChI is InChI=1S/C20H19N3O6S4/c1-10-8-30-20(21-10)32-9-31-19-15(22-16(25)14(11(2)24)17(22)33-19)18(26)29-7-12-3-5-13(6-4-12)23(27)28/h3-6,8,11,14,17,24H,7,9H2,1-2H3/t11-,14+,17-/m1/s1. The molecule has 4 rings (SSSR count). The van der Waals surface area contributed by atoms with E-state index in [0.717, 1.165) is 10.0 Å². The number of ether oxygens (including phenoxy) is 1. The van der Waals surface area contributed by atoms with E-state index in [1.807, 2.05) is 12.3 Å². The molecule has 9 nitrogen and oxygen atoms in total. The topological polar surface area (TPSA) is 123 Å². The number of esters is 1. The summed E-state index contributed by atoms with van der Waals surface area (Å²) in [5, 5.41) is 23.0. The number of benzene rings is 1. The predicted octanol–water partition coefficient (Wildman–Crippen LogP) is 3.97. The molecule has 3 heterocycles. The first-order chi connectivity index (χ1) is 15.8. The lowest BCUT2D eigenvalue weighted by Crippen LogP contribution is -2.60. The molecule has 1 aromatic heterocycles. The van der Waals surface area contributed by atoms with E-state index in [2.05, 4.69) is 4.98 Å². The van der Waals surface area contributed by atoms with Crippen LogP contribution in [0.25, 0.3) is 0 Å². The lowest BCUT2D eigenvalue weighted by molar-refractivity contribution is -0.384. The maximum Gasteiger partial charge on any atom is 0.357 e. The molecule has 0 spiro atoms. The van der Waals surface area contributed by atoms with Gasteiger partial charge in [0.25, 0.3) is 5.69 Å². The summed E-state index contributed by atoms with van der Waals surface area (Å²) < 4.78 is 7.04. The molecule has 0 aliphatic carbocycles. The number of non-ortho nitro benzene ring substituents is 1. The Labute approximate surface area is 206 Å². The van der Waals surface area contributed by atoms with Gasteiger partial charge in [0.1, 0.15) is 12.0 Å². The quantitative estimate of drug-likeness (QED) is 0.128. The summed E-state index contributed by atoms with van der Waals surface area (Å²) in [5.74, 6) is -1.51. The van der Waals surface area contributed by atoms with Gasteiger partial charge in [0.05, 0.1) is 26.3 Å². The molecule has 2 aromatic rings. The first-order valence-corrected chi connectivity index (χ1v) is 13.5. The van der Waals surface area contributed by atoms with Gasteiger partial charge in [-0.05, 0) is 31.5 Å². The normalized spacial score (nSPS) is 20.5. The molecule has 3 atom stereocenters. The third-order valence-electron chi connectivity index (χ3n) is 4.95. The SMILES string of the molecule is Cc1csc(SCSC2=C(C(=O)OCc3ccc([N+](=O)[O-])cc3)N3C(=O)[C@H]([C@@H](C)O)[C@H]3S2)n1. The summed E-state index contributed by atoms with van der Waals surface area (Å²) in [7, 11) is 0. The fourth-order valence-corrected chi connectivity index (χ4v) is 8.59. The Kier molecular flexibility index (Phi) is 7.34. The molecule has 1 fully saturated rings. The Bertz CT molecular complexity index is 1120. The van der Waals surface area contributed by atoms with Gasteiger partial charge in [-0.25, -0.2) is 9.78 Å². The number of hydrogen-bond donors (Lipinski definition) is 1. The number of fused-ring (bicyclic) bond motifs is 1. The number of carbonyl (C=O) groups is 2. The van der Waals surface area contributed by atoms with E-state index in [1.54, 1.807) is 30.0 Å². The molecule has 1 amide bonds. The number of amides is 1. The minimum Gasteiger partial charge on any atom is -0.456 e. The molecule has 1 N–H and O–H groups in total. The van der Waals surface area contributed by atoms with Crippen LogP contribution in [0, 0.1) is 23.0 Å². The van der Waals surface area contributed by atoms with Crippen LogP contribution in [0.4, 0.5) is 5.69 Å². The van der Waals surface area contributed by atoms with Gasteiger partial charge >= 0.3 is 5.97 Å². The van der Waals surface area contributed by atoms with Crippen molar-refractivity contribution in [3.05, 3.63) is 61.0 Å². The van der Waals surface area contributed by atoms with E-state index < -0.39 is 22.9 Å². The summed E-state index contributed by atoms with van der Waals surface area (Å²) in [6, 6.07) is 5.73. The summed E-state index contributed by atoms with van der Waals surface area (Å²) in [6.07, 6.45) is -0.819. The van der Waals surface area contributed by atoms with Crippen LogP contribution in [0.5, 0.6) is 0 Å². The first kappa shape index (κ1) is 24.1. The Morgan fingerprint density at radius 2 is 2.09 bits per heavy atom. The number of aliphatic hydroxyl groups is 1. The number of aromatic nitrogens is 1. The van der Waals surface area contributed by atoms with Crippen molar-refractivity contribution in [2.45, 2.75) is 36.3 Å². The molecule has 0 unspecified atom stereocenters. The van der Waals surface area contributed by atoms with Crippen molar-refractivity contribution in [3.63, 3.8) is 0 Å². The highest BCUT2D eigenvalue weighted by Crippen LogP contribution is 2.54. The number of aryl methyl sites for hydroxylation is 1. The van der Waals surface area contributed by atoms with Gasteiger partial charge < -0.3 is 9.84 Å². The third kappa shape index (κ3) is 5.06. The van der Waals surface area contributed by atoms with Crippen LogP contribution in [0.3, 0.4) is 0 Å². The van der Waals surface area contributed by atoms with Crippen molar-refractivity contribution in [1.82, 2.24) is 9.88 Å². The molecule has 33 heavy (non-hydrogen) atoms. The molecule has 1 aromatic carbocycles. The van der Waals surface area contributed by atoms with E-state index in [4.69, 9.17) is 4.74 Å². The second-order valence-electron chi connectivity index (χ2n) is 7.28. The van der Waals surface area contributed by atoms with Gasteiger partial charge in [-0.3, -0.25) is 19.8 Å². The largest absolute Gasteiger partial charge is 0.456 e. The maximum absolute atomic E-state index is 13.0. The molecule has 2 aliphatic rings. The van der Waals surface area contributed by atoms with Crippen LogP contribution in [0.15, 0.2) is 43.9 Å². The average molecular weight is 526 g/mol. The van der Waals surface area contributed by atoms with E-state index in [1.165, 1.54) is 52.7 Å². The van der Waals surface area contributed by atoms with Crippen molar-refractivity contribution >= 4 is 64.2 Å². The molecule has 2 aliphatic heterocycles. The molecule has 174 valence electrons. The molecular formula is C20H19N3O6S4. The summed E-state index contributed by atoms with van der Waals surface area (Å²) in [6.45, 7) is 3.41. The van der Waals surface area contributed by atoms with Crippen molar-refractivity contribution < 1.29 is 24.4 Å². The number of β-lactam (4-membered cyclic amide) rings is 1. The average Bonchev–Trinajstić information content (AvgIpc) is 3.33. The molecular weight excluding hydrogens is 507 g/mol. The van der Waals surface area contributed by atoms with Crippen molar-refractivity contribution in [1.29, 1.82) is 0 Å². The van der Waals surface area contributed by atoms with E-state index in [9.17, 15) is 24.8 Å². The number of carbonyl (C=O) groups excluding carboxylic acids is 2. The summed E-state index contributed by atoms with van der Waals surface area (Å²) in [5.41, 5.74) is 1.68. The Balaban J connectivity index is 1.46. The summed E-state index contributed by atoms with van der Waals surface area (Å²) >= 11 is 5.92. The van der Waals surface area contributed by atoms with Gasteiger partial charge in [-0.1, -0.05) is 23.5 Å². The zero-order valence-electron chi connectivity index (χ0n) is 17.5. The first-order valence-electron chi connectivity index (χ1n) is 9.76. The fraction of sp³-hybridized carbons (Fsp3) is 0.350. The number of thiazole rings is 1. The van der Waals surface area contributed by atoms with Crippen LogP contribution in [0.1, 0.15) is 18.2 Å². The van der Waals surface area contributed by atoms with Gasteiger partial charge in [-0.15, -0.1) is 23.1 Å². The number of nitrogens with zero attached hydrogens (tertiary/aromatic N) is 3. The number of aliphatic hydroxyl groups excluding tert-OH is 1. The lowest BCUT2D eigenvalue weighted by atomic mass is 9.92. The van der Waals surface area contributed by atoms with Crippen molar-refractivity contribution in [2.75, 3.05) is 5.08 Å². The zero-order valence-corrected chi connectivity index (χ0v) is 20.8. The van der Waals surface area contributed by atoms with Gasteiger partial charge in [0.15, 0.2) is 10.0 Å². The Morgan fingerprint density at radius 1 is 1.36 bits per heavy atom. The maximum atomic E-state index is 13.0. The highest BCUT2D eigenvalue weighted by Gasteiger charge is 2.58. The van der Waals surface area contributed by atoms with Crippen LogP contribution < -0.4 is 0 Å². The van der Waals surface area contributed by atoms with Crippen LogP contribution in [-0.2, 0) is 20.9 Å². The monoisotopic (exact) mass is 525 g/mol. The minimum atomic E-state index is -0.819. The van der Waals surface area contributed by atoms with Gasteiger partial charge in [-0.2, -0.15) is 0 Å². The lowest BCUT2D eigenvalue weighted by Gasteiger charge is -2.43. The number of hydrogen-bond acceptors (Lipinski definition) is 11. The molecule has 0 radical (unpaired) electrons. The Morgan fingerprint density at radius 3 is 2.70 bits per heavy atom. The third-order valence-corrected chi connectivity index (χ3v) is 9.87. The van der Waals surface area contributed by atoms with Crippen molar-refractivity contribution in [3.8, 4) is 0 Å². The van der Waals surface area contributed by atoms with E-state index in [0.29, 0.717) is 14.9 Å². The van der Waals surface area contributed by atoms with Gasteiger partial charge in [0, 0.05) is 23.2 Å². The predicted molar refractivity (Wildman–Crippen MR) is 128 cm³/mol. The van der Waals surface area contributed by atoms with Crippen LogP contribution >= 0.6 is 46.6 Å². The van der Waals surface area contributed by atoms with Gasteiger partial charge in [0.2, 0.25) is 5.91 Å². The molecule has 13 heteroatoms. The number of nitro benzene ring substituents is 1. The van der Waals surface area contributed by atoms with E-state index >= 15 is 0 Å². The Hall–Kier alpha value is -2.06. The zero-order chi connectivity index (χ0) is 23.7. The van der Waals surface area contributed by atoms with Crippen molar-refractivity contribution in [2.24, 2.45) is 5.92 Å². The number of thioether (sulfide) groups is 3. The summed E-state index contributed by atoms with van der Waals surface area (Å²) in [4.78, 5) is 41.7. The second kappa shape index (κ2) is 10.1. The van der Waals surface area contributed by atoms with Crippen LogP contribution in [-0.4, -0.2) is 48.4 Å². The highest BCUT2D eigenvalue weighted by atomic mass is 32.2. The number of nitro groups is 1. The van der Waals surface area contributed by atoms with Crippen LogP contribution in [0.2, 0.25) is 0 Å². The highest BCUT2D eigenvalue weighted by molar-refractivity contribution is 8.28. The van der Waals surface area contributed by atoms with E-state index in [-0.39, 0.29) is 29.3 Å². The molecule has 0 saturated carbocycles.